The molecule has 0 aromatic heterocycles. The molecule has 0 atom stereocenters. The van der Waals surface area contributed by atoms with E-state index in [1.165, 1.54) is 0 Å². The van der Waals surface area contributed by atoms with Crippen LogP contribution in [0.15, 0.2) is 24.3 Å². The first kappa shape index (κ1) is 16.7. The first-order valence-corrected chi connectivity index (χ1v) is 8.08. The highest BCUT2D eigenvalue weighted by Gasteiger charge is 2.25. The zero-order chi connectivity index (χ0) is 15.0. The molecule has 1 amide bonds. The molecule has 1 aromatic rings. The summed E-state index contributed by atoms with van der Waals surface area (Å²) >= 11 is 1.80. The fourth-order valence-corrected chi connectivity index (χ4v) is 2.72. The van der Waals surface area contributed by atoms with Crippen LogP contribution in [0.5, 0.6) is 5.75 Å². The molecule has 0 aliphatic heterocycles. The van der Waals surface area contributed by atoms with E-state index in [0.29, 0.717) is 18.0 Å². The largest absolute Gasteiger partial charge is 0.482 e. The Balaban J connectivity index is 2.43. The molecule has 0 saturated heterocycles. The number of hydrogen-bond donors (Lipinski definition) is 2. The molecular formula is C15H24N2O2S. The van der Waals surface area contributed by atoms with Crippen molar-refractivity contribution in [3.63, 3.8) is 0 Å². The Morgan fingerprint density at radius 2 is 2.00 bits per heavy atom. The van der Waals surface area contributed by atoms with Crippen molar-refractivity contribution in [3.05, 3.63) is 24.3 Å². The monoisotopic (exact) mass is 296 g/mol. The van der Waals surface area contributed by atoms with E-state index in [-0.39, 0.29) is 17.3 Å². The van der Waals surface area contributed by atoms with Gasteiger partial charge in [0.1, 0.15) is 5.75 Å². The zero-order valence-electron chi connectivity index (χ0n) is 12.4. The molecule has 4 nitrogen and oxygen atoms in total. The fourth-order valence-electron chi connectivity index (χ4n) is 1.93. The van der Waals surface area contributed by atoms with Gasteiger partial charge >= 0.3 is 0 Å². The number of anilines is 1. The predicted molar refractivity (Wildman–Crippen MR) is 86.2 cm³/mol. The van der Waals surface area contributed by atoms with Crippen molar-refractivity contribution in [2.24, 2.45) is 0 Å². The summed E-state index contributed by atoms with van der Waals surface area (Å²) in [4.78, 5) is 11.8. The van der Waals surface area contributed by atoms with Gasteiger partial charge in [-0.3, -0.25) is 4.79 Å². The normalized spacial score (nSPS) is 11.2. The lowest BCUT2D eigenvalue weighted by molar-refractivity contribution is -0.123. The third-order valence-corrected chi connectivity index (χ3v) is 5.19. The van der Waals surface area contributed by atoms with Crippen LogP contribution in [0.4, 0.5) is 5.69 Å². The molecule has 3 N–H and O–H groups in total. The molecule has 0 heterocycles. The molecule has 112 valence electrons. The van der Waals surface area contributed by atoms with Crippen LogP contribution in [0.3, 0.4) is 0 Å². The Hall–Kier alpha value is -1.36. The summed E-state index contributed by atoms with van der Waals surface area (Å²) in [6, 6.07) is 7.17. The number of para-hydroxylation sites is 2. The number of hydrogen-bond acceptors (Lipinski definition) is 4. The molecule has 5 heteroatoms. The quantitative estimate of drug-likeness (QED) is 0.724. The maximum atomic E-state index is 11.8. The van der Waals surface area contributed by atoms with Crippen LogP contribution < -0.4 is 15.8 Å². The van der Waals surface area contributed by atoms with Crippen LogP contribution in [-0.4, -0.2) is 30.1 Å². The highest BCUT2D eigenvalue weighted by molar-refractivity contribution is 8.00. The van der Waals surface area contributed by atoms with Crippen molar-refractivity contribution >= 4 is 23.4 Å². The van der Waals surface area contributed by atoms with Crippen LogP contribution >= 0.6 is 11.8 Å². The minimum atomic E-state index is -0.117. The molecule has 0 unspecified atom stereocenters. The van der Waals surface area contributed by atoms with E-state index >= 15 is 0 Å². The summed E-state index contributed by atoms with van der Waals surface area (Å²) in [7, 11) is 0. The number of carbonyl (C=O) groups is 1. The number of nitrogens with two attached hydrogens (primary N) is 1. The highest BCUT2D eigenvalue weighted by atomic mass is 32.2. The zero-order valence-corrected chi connectivity index (χ0v) is 13.3. The summed E-state index contributed by atoms with van der Waals surface area (Å²) in [5.41, 5.74) is 6.30. The molecule has 1 aromatic carbocycles. The number of nitrogen functional groups attached to an aromatic ring is 1. The molecule has 0 aliphatic rings. The highest BCUT2D eigenvalue weighted by Crippen LogP contribution is 2.29. The van der Waals surface area contributed by atoms with Crippen molar-refractivity contribution in [2.45, 2.75) is 31.4 Å². The molecule has 0 saturated carbocycles. The Kier molecular flexibility index (Phi) is 6.71. The number of ether oxygens (including phenoxy) is 1. The maximum Gasteiger partial charge on any atom is 0.257 e. The number of carbonyl (C=O) groups excluding carboxylic acids is 1. The summed E-state index contributed by atoms with van der Waals surface area (Å²) < 4.78 is 5.53. The van der Waals surface area contributed by atoms with Gasteiger partial charge in [0, 0.05) is 11.3 Å². The number of rotatable bonds is 8. The molecule has 0 spiro atoms. The van der Waals surface area contributed by atoms with E-state index in [0.717, 1.165) is 12.8 Å². The second-order valence-corrected chi connectivity index (χ2v) is 5.97. The Bertz CT molecular complexity index is 425. The van der Waals surface area contributed by atoms with E-state index in [1.54, 1.807) is 23.9 Å². The predicted octanol–water partition coefficient (Wildman–Crippen LogP) is 2.69. The van der Waals surface area contributed by atoms with Gasteiger partial charge in [0.05, 0.1) is 5.69 Å². The van der Waals surface area contributed by atoms with Crippen LogP contribution in [0.1, 0.15) is 26.7 Å². The van der Waals surface area contributed by atoms with Gasteiger partial charge in [-0.05, 0) is 31.2 Å². The van der Waals surface area contributed by atoms with Gasteiger partial charge < -0.3 is 15.8 Å². The lowest BCUT2D eigenvalue weighted by Crippen LogP contribution is -2.41. The molecule has 0 fully saturated rings. The smallest absolute Gasteiger partial charge is 0.257 e. The summed E-state index contributed by atoms with van der Waals surface area (Å²) in [5.74, 6) is 0.429. The van der Waals surface area contributed by atoms with Gasteiger partial charge in [0.2, 0.25) is 0 Å². The number of amides is 1. The first-order chi connectivity index (χ1) is 9.56. The summed E-state index contributed by atoms with van der Waals surface area (Å²) in [6.45, 7) is 4.94. The molecule has 20 heavy (non-hydrogen) atoms. The molecule has 1 rings (SSSR count). The van der Waals surface area contributed by atoms with Gasteiger partial charge in [-0.25, -0.2) is 0 Å². The Morgan fingerprint density at radius 3 is 2.55 bits per heavy atom. The second-order valence-electron chi connectivity index (χ2n) is 4.70. The summed E-state index contributed by atoms with van der Waals surface area (Å²) in [5, 5.41) is 2.94. The van der Waals surface area contributed by atoms with E-state index in [1.807, 2.05) is 12.1 Å². The number of thioether (sulfide) groups is 1. The average Bonchev–Trinajstić information content (AvgIpc) is 2.48. The van der Waals surface area contributed by atoms with E-state index in [4.69, 9.17) is 10.5 Å². The maximum absolute atomic E-state index is 11.8. The fraction of sp³-hybridized carbons (Fsp3) is 0.533. The van der Waals surface area contributed by atoms with Crippen LogP contribution in [0.2, 0.25) is 0 Å². The van der Waals surface area contributed by atoms with E-state index in [2.05, 4.69) is 25.4 Å². The standard InChI is InChI=1S/C15H24N2O2S/c1-4-15(5-2,20-3)11-17-14(18)10-19-13-9-7-6-8-12(13)16/h6-9H,4-5,10-11,16H2,1-3H3,(H,17,18). The minimum absolute atomic E-state index is 0.00783. The average molecular weight is 296 g/mol. The third kappa shape index (κ3) is 4.63. The van der Waals surface area contributed by atoms with Gasteiger partial charge in [-0.2, -0.15) is 11.8 Å². The lowest BCUT2D eigenvalue weighted by Gasteiger charge is -2.29. The van der Waals surface area contributed by atoms with Crippen LogP contribution in [0.25, 0.3) is 0 Å². The first-order valence-electron chi connectivity index (χ1n) is 6.86. The van der Waals surface area contributed by atoms with Crippen molar-refractivity contribution in [1.82, 2.24) is 5.32 Å². The van der Waals surface area contributed by atoms with Crippen molar-refractivity contribution in [1.29, 1.82) is 0 Å². The minimum Gasteiger partial charge on any atom is -0.482 e. The Labute approximate surface area is 125 Å². The topological polar surface area (TPSA) is 64.3 Å². The van der Waals surface area contributed by atoms with Crippen molar-refractivity contribution in [3.8, 4) is 5.75 Å². The Morgan fingerprint density at radius 1 is 1.35 bits per heavy atom. The van der Waals surface area contributed by atoms with Gasteiger partial charge in [-0.15, -0.1) is 0 Å². The van der Waals surface area contributed by atoms with E-state index in [9.17, 15) is 4.79 Å². The van der Waals surface area contributed by atoms with Crippen LogP contribution in [-0.2, 0) is 4.79 Å². The van der Waals surface area contributed by atoms with E-state index < -0.39 is 0 Å². The molecule has 0 radical (unpaired) electrons. The molecule has 0 bridgehead atoms. The number of benzene rings is 1. The second kappa shape index (κ2) is 8.04. The van der Waals surface area contributed by atoms with Crippen molar-refractivity contribution in [2.75, 3.05) is 25.1 Å². The SMILES string of the molecule is CCC(CC)(CNC(=O)COc1ccccc1N)SC. The third-order valence-electron chi connectivity index (χ3n) is 3.61. The van der Waals surface area contributed by atoms with Crippen molar-refractivity contribution < 1.29 is 9.53 Å². The lowest BCUT2D eigenvalue weighted by atomic mass is 10.0. The summed E-state index contributed by atoms with van der Waals surface area (Å²) in [6.07, 6.45) is 4.13. The molecule has 0 aliphatic carbocycles. The van der Waals surface area contributed by atoms with Gasteiger partial charge in [0.25, 0.3) is 5.91 Å². The van der Waals surface area contributed by atoms with Gasteiger partial charge in [0.15, 0.2) is 6.61 Å². The van der Waals surface area contributed by atoms with Crippen LogP contribution in [0, 0.1) is 0 Å². The molecular weight excluding hydrogens is 272 g/mol. The van der Waals surface area contributed by atoms with Gasteiger partial charge in [-0.1, -0.05) is 26.0 Å². The number of nitrogens with one attached hydrogen (secondary N) is 1.